The number of H-pyrrole nitrogens is 1. The summed E-state index contributed by atoms with van der Waals surface area (Å²) in [6.07, 6.45) is 2.51. The highest BCUT2D eigenvalue weighted by Gasteiger charge is 2.18. The number of hydrogen-bond donors (Lipinski definition) is 1. The van der Waals surface area contributed by atoms with Crippen LogP contribution in [-0.4, -0.2) is 20.6 Å². The average molecular weight is 248 g/mol. The van der Waals surface area contributed by atoms with Crippen molar-refractivity contribution in [2.45, 2.75) is 31.6 Å². The topological polar surface area (TPSA) is 37.8 Å². The molecule has 90 valence electrons. The molecule has 3 nitrogen and oxygen atoms in total. The molecular weight excluding hydrogens is 232 g/mol. The standard InChI is InChI=1S/C13H16N2OS/c1-9-4-2-6-11-12(9)14-13(16)15(11)8-10-5-3-7-17-10/h2,4,6,10H,3,5,7-8H2,1H3,(H,14,16). The van der Waals surface area contributed by atoms with Crippen LogP contribution < -0.4 is 5.69 Å². The zero-order valence-electron chi connectivity index (χ0n) is 9.90. The molecule has 1 aliphatic heterocycles. The molecule has 1 saturated heterocycles. The van der Waals surface area contributed by atoms with Gasteiger partial charge in [-0.2, -0.15) is 11.8 Å². The molecule has 1 aromatic carbocycles. The van der Waals surface area contributed by atoms with Crippen molar-refractivity contribution in [1.29, 1.82) is 0 Å². The lowest BCUT2D eigenvalue weighted by Gasteiger charge is -2.09. The van der Waals surface area contributed by atoms with Gasteiger partial charge in [-0.25, -0.2) is 4.79 Å². The third kappa shape index (κ3) is 1.90. The van der Waals surface area contributed by atoms with Crippen LogP contribution in [0.25, 0.3) is 11.0 Å². The number of benzene rings is 1. The van der Waals surface area contributed by atoms with Crippen LogP contribution in [-0.2, 0) is 6.54 Å². The molecule has 2 aromatic rings. The molecule has 1 N–H and O–H groups in total. The number of hydrogen-bond acceptors (Lipinski definition) is 2. The maximum Gasteiger partial charge on any atom is 0.326 e. The number of thioether (sulfide) groups is 1. The number of nitrogens with one attached hydrogen (secondary N) is 1. The van der Waals surface area contributed by atoms with E-state index in [4.69, 9.17) is 0 Å². The first-order valence-corrected chi connectivity index (χ1v) is 7.10. The van der Waals surface area contributed by atoms with Crippen LogP contribution in [0.4, 0.5) is 0 Å². The Labute approximate surface area is 104 Å². The first-order valence-electron chi connectivity index (χ1n) is 6.05. The van der Waals surface area contributed by atoms with Gasteiger partial charge in [-0.3, -0.25) is 4.57 Å². The third-order valence-corrected chi connectivity index (χ3v) is 4.81. The molecule has 1 fully saturated rings. The van der Waals surface area contributed by atoms with Gasteiger partial charge < -0.3 is 4.98 Å². The molecule has 0 bridgehead atoms. The molecule has 1 aromatic heterocycles. The molecule has 4 heteroatoms. The van der Waals surface area contributed by atoms with E-state index in [1.54, 1.807) is 0 Å². The maximum absolute atomic E-state index is 12.0. The van der Waals surface area contributed by atoms with Crippen LogP contribution in [0.3, 0.4) is 0 Å². The van der Waals surface area contributed by atoms with Gasteiger partial charge in [-0.05, 0) is 37.1 Å². The van der Waals surface area contributed by atoms with Gasteiger partial charge in [0.05, 0.1) is 11.0 Å². The molecule has 1 aliphatic rings. The van der Waals surface area contributed by atoms with Crippen LogP contribution in [0.5, 0.6) is 0 Å². The van der Waals surface area contributed by atoms with E-state index in [9.17, 15) is 4.79 Å². The monoisotopic (exact) mass is 248 g/mol. The number of nitrogens with zero attached hydrogens (tertiary/aromatic N) is 1. The Balaban J connectivity index is 2.06. The molecule has 2 heterocycles. The van der Waals surface area contributed by atoms with E-state index in [1.807, 2.05) is 41.5 Å². The lowest BCUT2D eigenvalue weighted by Crippen LogP contribution is -2.21. The van der Waals surface area contributed by atoms with Gasteiger partial charge in [0.25, 0.3) is 0 Å². The summed E-state index contributed by atoms with van der Waals surface area (Å²) >= 11 is 1.99. The second-order valence-electron chi connectivity index (χ2n) is 4.64. The van der Waals surface area contributed by atoms with Crippen LogP contribution in [0.15, 0.2) is 23.0 Å². The van der Waals surface area contributed by atoms with E-state index < -0.39 is 0 Å². The minimum atomic E-state index is 0.0294. The van der Waals surface area contributed by atoms with E-state index in [-0.39, 0.29) is 5.69 Å². The van der Waals surface area contributed by atoms with Crippen molar-refractivity contribution in [3.8, 4) is 0 Å². The predicted molar refractivity (Wildman–Crippen MR) is 72.8 cm³/mol. The third-order valence-electron chi connectivity index (χ3n) is 3.43. The zero-order valence-corrected chi connectivity index (χ0v) is 10.7. The zero-order chi connectivity index (χ0) is 11.8. The lowest BCUT2D eigenvalue weighted by atomic mass is 10.2. The van der Waals surface area contributed by atoms with Gasteiger partial charge in [-0.1, -0.05) is 12.1 Å². The summed E-state index contributed by atoms with van der Waals surface area (Å²) in [7, 11) is 0. The van der Waals surface area contributed by atoms with Crippen molar-refractivity contribution in [2.75, 3.05) is 5.75 Å². The van der Waals surface area contributed by atoms with E-state index in [0.717, 1.165) is 23.1 Å². The van der Waals surface area contributed by atoms with E-state index in [0.29, 0.717) is 5.25 Å². The first kappa shape index (κ1) is 11.0. The summed E-state index contributed by atoms with van der Waals surface area (Å²) in [6, 6.07) is 6.08. The number of aromatic amines is 1. The average Bonchev–Trinajstić information content (AvgIpc) is 2.91. The summed E-state index contributed by atoms with van der Waals surface area (Å²) in [6.45, 7) is 2.87. The largest absolute Gasteiger partial charge is 0.326 e. The normalized spacial score (nSPS) is 20.2. The molecule has 1 unspecified atom stereocenters. The Morgan fingerprint density at radius 1 is 1.53 bits per heavy atom. The molecule has 1 atom stereocenters. The van der Waals surface area contributed by atoms with Gasteiger partial charge in [0.15, 0.2) is 0 Å². The molecule has 0 spiro atoms. The summed E-state index contributed by atoms with van der Waals surface area (Å²) in [4.78, 5) is 14.9. The number of para-hydroxylation sites is 1. The fourth-order valence-corrected chi connectivity index (χ4v) is 3.75. The van der Waals surface area contributed by atoms with E-state index in [1.165, 1.54) is 18.6 Å². The fraction of sp³-hybridized carbons (Fsp3) is 0.462. The number of aryl methyl sites for hydroxylation is 1. The van der Waals surface area contributed by atoms with Crippen molar-refractivity contribution in [3.63, 3.8) is 0 Å². The lowest BCUT2D eigenvalue weighted by molar-refractivity contribution is 0.636. The first-order chi connectivity index (χ1) is 8.25. The maximum atomic E-state index is 12.0. The number of rotatable bonds is 2. The second-order valence-corrected chi connectivity index (χ2v) is 6.05. The summed E-state index contributed by atoms with van der Waals surface area (Å²) < 4.78 is 1.89. The SMILES string of the molecule is Cc1cccc2c1[nH]c(=O)n2CC1CCCS1. The van der Waals surface area contributed by atoms with Gasteiger partial charge in [0.1, 0.15) is 0 Å². The summed E-state index contributed by atoms with van der Waals surface area (Å²) in [5, 5.41) is 0.604. The molecule has 0 radical (unpaired) electrons. The Hall–Kier alpha value is -1.16. The fourth-order valence-electron chi connectivity index (χ4n) is 2.50. The van der Waals surface area contributed by atoms with Crippen LogP contribution >= 0.6 is 11.8 Å². The molecule has 17 heavy (non-hydrogen) atoms. The van der Waals surface area contributed by atoms with Gasteiger partial charge >= 0.3 is 5.69 Å². The Morgan fingerprint density at radius 3 is 3.18 bits per heavy atom. The Kier molecular flexibility index (Phi) is 2.74. The second kappa shape index (κ2) is 4.26. The van der Waals surface area contributed by atoms with Gasteiger partial charge in [0.2, 0.25) is 0 Å². The molecular formula is C13H16N2OS. The minimum absolute atomic E-state index is 0.0294. The van der Waals surface area contributed by atoms with Crippen molar-refractivity contribution < 1.29 is 0 Å². The van der Waals surface area contributed by atoms with Crippen molar-refractivity contribution >= 4 is 22.8 Å². The summed E-state index contributed by atoms with van der Waals surface area (Å²) in [5.74, 6) is 1.24. The Bertz CT molecular complexity index is 593. The number of fused-ring (bicyclic) bond motifs is 1. The van der Waals surface area contributed by atoms with Crippen LogP contribution in [0.1, 0.15) is 18.4 Å². The van der Waals surface area contributed by atoms with Crippen LogP contribution in [0.2, 0.25) is 0 Å². The smallest absolute Gasteiger partial charge is 0.305 e. The number of imidazole rings is 1. The van der Waals surface area contributed by atoms with Crippen LogP contribution in [0, 0.1) is 6.92 Å². The molecule has 0 saturated carbocycles. The molecule has 0 amide bonds. The van der Waals surface area contributed by atoms with Gasteiger partial charge in [0, 0.05) is 11.8 Å². The number of aromatic nitrogens is 2. The van der Waals surface area contributed by atoms with Gasteiger partial charge in [-0.15, -0.1) is 0 Å². The predicted octanol–water partition coefficient (Wildman–Crippen LogP) is 2.53. The Morgan fingerprint density at radius 2 is 2.41 bits per heavy atom. The highest BCUT2D eigenvalue weighted by atomic mass is 32.2. The quantitative estimate of drug-likeness (QED) is 0.887. The molecule has 0 aliphatic carbocycles. The molecule has 3 rings (SSSR count). The van der Waals surface area contributed by atoms with Crippen molar-refractivity contribution in [1.82, 2.24) is 9.55 Å². The van der Waals surface area contributed by atoms with E-state index in [2.05, 4.69) is 4.98 Å². The summed E-state index contributed by atoms with van der Waals surface area (Å²) in [5.41, 5.74) is 3.20. The highest BCUT2D eigenvalue weighted by molar-refractivity contribution is 8.00. The van der Waals surface area contributed by atoms with Crippen molar-refractivity contribution in [2.24, 2.45) is 0 Å². The highest BCUT2D eigenvalue weighted by Crippen LogP contribution is 2.28. The van der Waals surface area contributed by atoms with E-state index >= 15 is 0 Å². The van der Waals surface area contributed by atoms with Crippen molar-refractivity contribution in [3.05, 3.63) is 34.2 Å². The minimum Gasteiger partial charge on any atom is -0.305 e.